The predicted octanol–water partition coefficient (Wildman–Crippen LogP) is 1.92. The second-order valence-corrected chi connectivity index (χ2v) is 6.26. The number of imide groups is 1. The third-order valence-electron chi connectivity index (χ3n) is 4.36. The van der Waals surface area contributed by atoms with Gasteiger partial charge < -0.3 is 15.7 Å². The van der Waals surface area contributed by atoms with Crippen molar-refractivity contribution >= 4 is 17.8 Å². The molecule has 0 saturated heterocycles. The average molecular weight is 367 g/mol. The summed E-state index contributed by atoms with van der Waals surface area (Å²) in [5, 5.41) is 14.7. The summed E-state index contributed by atoms with van der Waals surface area (Å²) in [6, 6.07) is 13.3. The molecule has 140 valence electrons. The number of phenols is 1. The minimum atomic E-state index is -0.295. The van der Waals surface area contributed by atoms with Gasteiger partial charge in [0.1, 0.15) is 5.75 Å². The van der Waals surface area contributed by atoms with Crippen molar-refractivity contribution in [2.45, 2.75) is 12.8 Å². The number of aromatic hydroxyl groups is 1. The topological polar surface area (TPSA) is 98.7 Å². The number of phenolic OH excluding ortho intramolecular Hbond substituents is 1. The number of nitrogens with zero attached hydrogens (tertiary/aromatic N) is 1. The standard InChI is InChI=1S/C20H21N3O4/c24-15-8-6-14(7-9-15)10-12-22-20(27)21-11-3-13-23-18(25)16-4-1-2-5-17(16)19(23)26/h1-2,4-9,24H,3,10-13H2,(H2,21,22,27). The van der Waals surface area contributed by atoms with Crippen LogP contribution in [0.3, 0.4) is 0 Å². The van der Waals surface area contributed by atoms with Gasteiger partial charge in [0, 0.05) is 19.6 Å². The van der Waals surface area contributed by atoms with Crippen LogP contribution >= 0.6 is 0 Å². The van der Waals surface area contributed by atoms with Crippen molar-refractivity contribution < 1.29 is 19.5 Å². The van der Waals surface area contributed by atoms with E-state index in [0.717, 1.165) is 5.56 Å². The first-order valence-corrected chi connectivity index (χ1v) is 8.81. The van der Waals surface area contributed by atoms with Gasteiger partial charge in [-0.2, -0.15) is 0 Å². The Morgan fingerprint density at radius 3 is 2.11 bits per heavy atom. The number of nitrogens with one attached hydrogen (secondary N) is 2. The van der Waals surface area contributed by atoms with E-state index in [9.17, 15) is 19.5 Å². The van der Waals surface area contributed by atoms with E-state index >= 15 is 0 Å². The fourth-order valence-corrected chi connectivity index (χ4v) is 2.93. The second-order valence-electron chi connectivity index (χ2n) is 6.26. The highest BCUT2D eigenvalue weighted by Gasteiger charge is 2.34. The van der Waals surface area contributed by atoms with Crippen LogP contribution in [-0.4, -0.2) is 47.5 Å². The molecule has 4 amide bonds. The van der Waals surface area contributed by atoms with Crippen molar-refractivity contribution in [3.63, 3.8) is 0 Å². The lowest BCUT2D eigenvalue weighted by Crippen LogP contribution is -2.38. The number of rotatable bonds is 7. The van der Waals surface area contributed by atoms with Crippen LogP contribution in [-0.2, 0) is 6.42 Å². The molecule has 1 heterocycles. The third kappa shape index (κ3) is 4.44. The monoisotopic (exact) mass is 367 g/mol. The molecular formula is C20H21N3O4. The van der Waals surface area contributed by atoms with Gasteiger partial charge in [0.25, 0.3) is 11.8 Å². The predicted molar refractivity (Wildman–Crippen MR) is 99.6 cm³/mol. The Bertz CT molecular complexity index is 814. The van der Waals surface area contributed by atoms with E-state index in [4.69, 9.17) is 0 Å². The van der Waals surface area contributed by atoms with E-state index in [0.29, 0.717) is 37.1 Å². The minimum Gasteiger partial charge on any atom is -0.508 e. The van der Waals surface area contributed by atoms with Crippen LogP contribution in [0.15, 0.2) is 48.5 Å². The van der Waals surface area contributed by atoms with E-state index in [1.165, 1.54) is 4.90 Å². The number of carbonyl (C=O) groups excluding carboxylic acids is 3. The van der Waals surface area contributed by atoms with Crippen LogP contribution in [0.1, 0.15) is 32.7 Å². The van der Waals surface area contributed by atoms with Gasteiger partial charge in [0.15, 0.2) is 0 Å². The number of hydrogen-bond donors (Lipinski definition) is 3. The van der Waals surface area contributed by atoms with E-state index in [-0.39, 0.29) is 30.1 Å². The van der Waals surface area contributed by atoms with Gasteiger partial charge in [0.05, 0.1) is 11.1 Å². The van der Waals surface area contributed by atoms with E-state index < -0.39 is 0 Å². The Labute approximate surface area is 157 Å². The quantitative estimate of drug-likeness (QED) is 0.514. The van der Waals surface area contributed by atoms with Crippen molar-refractivity contribution in [2.75, 3.05) is 19.6 Å². The Morgan fingerprint density at radius 2 is 1.48 bits per heavy atom. The summed E-state index contributed by atoms with van der Waals surface area (Å²) < 4.78 is 0. The Kier molecular flexibility index (Phi) is 5.71. The zero-order valence-corrected chi connectivity index (χ0v) is 14.8. The first kappa shape index (κ1) is 18.4. The molecule has 0 aliphatic carbocycles. The van der Waals surface area contributed by atoms with Crippen molar-refractivity contribution in [3.05, 3.63) is 65.2 Å². The molecule has 1 aliphatic heterocycles. The Morgan fingerprint density at radius 1 is 0.889 bits per heavy atom. The van der Waals surface area contributed by atoms with Crippen molar-refractivity contribution in [3.8, 4) is 5.75 Å². The average Bonchev–Trinajstić information content (AvgIpc) is 2.92. The molecule has 0 bridgehead atoms. The number of amides is 4. The Balaban J connectivity index is 1.34. The van der Waals surface area contributed by atoms with Gasteiger partial charge in [-0.05, 0) is 42.7 Å². The Hall–Kier alpha value is -3.35. The maximum absolute atomic E-state index is 12.2. The maximum Gasteiger partial charge on any atom is 0.314 e. The molecule has 0 radical (unpaired) electrons. The molecular weight excluding hydrogens is 346 g/mol. The summed E-state index contributed by atoms with van der Waals surface area (Å²) in [6.45, 7) is 1.09. The van der Waals surface area contributed by atoms with Crippen LogP contribution in [0, 0.1) is 0 Å². The van der Waals surface area contributed by atoms with Crippen LogP contribution in [0.5, 0.6) is 5.75 Å². The SMILES string of the molecule is O=C(NCCCN1C(=O)c2ccccc2C1=O)NCCc1ccc(O)cc1. The first-order chi connectivity index (χ1) is 13.1. The molecule has 7 heteroatoms. The molecule has 0 spiro atoms. The first-order valence-electron chi connectivity index (χ1n) is 8.81. The molecule has 2 aromatic carbocycles. The van der Waals surface area contributed by atoms with E-state index in [1.807, 2.05) is 0 Å². The molecule has 1 aliphatic rings. The zero-order valence-electron chi connectivity index (χ0n) is 14.8. The number of urea groups is 1. The summed E-state index contributed by atoms with van der Waals surface area (Å²) in [6.07, 6.45) is 1.14. The van der Waals surface area contributed by atoms with Crippen LogP contribution in [0.4, 0.5) is 4.79 Å². The normalized spacial score (nSPS) is 12.8. The molecule has 2 aromatic rings. The summed E-state index contributed by atoms with van der Waals surface area (Å²) in [5.41, 5.74) is 1.88. The highest BCUT2D eigenvalue weighted by Crippen LogP contribution is 2.22. The van der Waals surface area contributed by atoms with Gasteiger partial charge in [-0.3, -0.25) is 14.5 Å². The van der Waals surface area contributed by atoms with Crippen LogP contribution in [0.25, 0.3) is 0 Å². The fraction of sp³-hybridized carbons (Fsp3) is 0.250. The zero-order chi connectivity index (χ0) is 19.2. The molecule has 3 N–H and O–H groups in total. The molecule has 0 fully saturated rings. The summed E-state index contributed by atoms with van der Waals surface area (Å²) in [5.74, 6) is -0.356. The van der Waals surface area contributed by atoms with Crippen molar-refractivity contribution in [2.24, 2.45) is 0 Å². The number of hydrogen-bond acceptors (Lipinski definition) is 4. The van der Waals surface area contributed by atoms with E-state index in [2.05, 4.69) is 10.6 Å². The lowest BCUT2D eigenvalue weighted by molar-refractivity contribution is 0.0653. The van der Waals surface area contributed by atoms with E-state index in [1.54, 1.807) is 48.5 Å². The van der Waals surface area contributed by atoms with Gasteiger partial charge in [-0.15, -0.1) is 0 Å². The maximum atomic E-state index is 12.2. The molecule has 0 aromatic heterocycles. The third-order valence-corrected chi connectivity index (χ3v) is 4.36. The number of fused-ring (bicyclic) bond motifs is 1. The van der Waals surface area contributed by atoms with Gasteiger partial charge in [-0.1, -0.05) is 24.3 Å². The number of carbonyl (C=O) groups is 3. The largest absolute Gasteiger partial charge is 0.508 e. The van der Waals surface area contributed by atoms with Crippen LogP contribution < -0.4 is 10.6 Å². The molecule has 27 heavy (non-hydrogen) atoms. The van der Waals surface area contributed by atoms with Crippen molar-refractivity contribution in [1.29, 1.82) is 0 Å². The fourth-order valence-electron chi connectivity index (χ4n) is 2.93. The van der Waals surface area contributed by atoms with Gasteiger partial charge >= 0.3 is 6.03 Å². The lowest BCUT2D eigenvalue weighted by atomic mass is 10.1. The lowest BCUT2D eigenvalue weighted by Gasteiger charge is -2.14. The number of benzene rings is 2. The summed E-state index contributed by atoms with van der Waals surface area (Å²) >= 11 is 0. The smallest absolute Gasteiger partial charge is 0.314 e. The molecule has 7 nitrogen and oxygen atoms in total. The molecule has 0 atom stereocenters. The second kappa shape index (κ2) is 8.35. The summed E-state index contributed by atoms with van der Waals surface area (Å²) in [4.78, 5) is 37.4. The van der Waals surface area contributed by atoms with Crippen LogP contribution in [0.2, 0.25) is 0 Å². The minimum absolute atomic E-state index is 0.211. The highest BCUT2D eigenvalue weighted by atomic mass is 16.3. The summed E-state index contributed by atoms with van der Waals surface area (Å²) in [7, 11) is 0. The molecule has 0 saturated carbocycles. The van der Waals surface area contributed by atoms with Gasteiger partial charge in [-0.25, -0.2) is 4.79 Å². The van der Waals surface area contributed by atoms with Crippen molar-refractivity contribution in [1.82, 2.24) is 15.5 Å². The molecule has 0 unspecified atom stereocenters. The molecule has 3 rings (SSSR count). The van der Waals surface area contributed by atoms with Gasteiger partial charge in [0.2, 0.25) is 0 Å². The highest BCUT2D eigenvalue weighted by molar-refractivity contribution is 6.21.